The van der Waals surface area contributed by atoms with Gasteiger partial charge in [0, 0.05) is 50.6 Å². The van der Waals surface area contributed by atoms with Crippen molar-refractivity contribution in [2.45, 2.75) is 44.4 Å². The van der Waals surface area contributed by atoms with Crippen LogP contribution in [0, 0.1) is 5.92 Å². The van der Waals surface area contributed by atoms with Gasteiger partial charge in [-0.2, -0.15) is 0 Å². The predicted octanol–water partition coefficient (Wildman–Crippen LogP) is 2.79. The van der Waals surface area contributed by atoms with Gasteiger partial charge in [-0.25, -0.2) is 4.98 Å². The Morgan fingerprint density at radius 2 is 1.85 bits per heavy atom. The molecule has 1 aromatic carbocycles. The highest BCUT2D eigenvalue weighted by atomic mass is 16.5. The molecule has 5 rings (SSSR count). The molecular weight excluding hydrogens is 420 g/mol. The molecule has 1 aromatic heterocycles. The first-order chi connectivity index (χ1) is 16.2. The summed E-state index contributed by atoms with van der Waals surface area (Å²) in [5.41, 5.74) is 2.18. The second-order valence-electron chi connectivity index (χ2n) is 9.61. The van der Waals surface area contributed by atoms with Crippen LogP contribution >= 0.6 is 0 Å². The van der Waals surface area contributed by atoms with Crippen LogP contribution in [-0.4, -0.2) is 79.1 Å². The van der Waals surface area contributed by atoms with E-state index in [1.54, 1.807) is 0 Å². The van der Waals surface area contributed by atoms with Gasteiger partial charge in [0.1, 0.15) is 5.52 Å². The second-order valence-corrected chi connectivity index (χ2v) is 9.61. The summed E-state index contributed by atoms with van der Waals surface area (Å²) in [6, 6.07) is 5.55. The number of morpholine rings is 1. The van der Waals surface area contributed by atoms with Crippen molar-refractivity contribution in [1.82, 2.24) is 20.1 Å². The number of hydrogen-bond donors (Lipinski definition) is 1. The van der Waals surface area contributed by atoms with E-state index < -0.39 is 0 Å². The van der Waals surface area contributed by atoms with Gasteiger partial charge in [0.05, 0.1) is 13.2 Å². The fraction of sp³-hybridized carbons (Fsp3) is 0.640. The first-order valence-corrected chi connectivity index (χ1v) is 12.4. The number of hydrogen-bond acceptors (Lipinski definition) is 6. The lowest BCUT2D eigenvalue weighted by Crippen LogP contribution is -2.40. The first kappa shape index (κ1) is 22.3. The van der Waals surface area contributed by atoms with Crippen molar-refractivity contribution in [3.05, 3.63) is 29.7 Å². The second kappa shape index (κ2) is 10.2. The fourth-order valence-corrected chi connectivity index (χ4v) is 4.80. The Morgan fingerprint density at radius 1 is 1.06 bits per heavy atom. The third-order valence-electron chi connectivity index (χ3n) is 7.03. The quantitative estimate of drug-likeness (QED) is 0.617. The number of benzene rings is 1. The number of amides is 2. The monoisotopic (exact) mass is 454 g/mol. The van der Waals surface area contributed by atoms with E-state index in [1.165, 1.54) is 0 Å². The molecule has 0 bridgehead atoms. The molecule has 2 amide bonds. The summed E-state index contributed by atoms with van der Waals surface area (Å²) < 4.78 is 11.2. The molecule has 2 aromatic rings. The fourth-order valence-electron chi connectivity index (χ4n) is 4.80. The molecule has 0 atom stereocenters. The Labute approximate surface area is 194 Å². The van der Waals surface area contributed by atoms with Crippen LogP contribution in [0.3, 0.4) is 0 Å². The van der Waals surface area contributed by atoms with Crippen LogP contribution in [0.1, 0.15) is 60.7 Å². The number of likely N-dealkylation sites (tertiary alicyclic amines) is 1. The van der Waals surface area contributed by atoms with E-state index >= 15 is 0 Å². The van der Waals surface area contributed by atoms with E-state index in [-0.39, 0.29) is 11.8 Å². The zero-order chi connectivity index (χ0) is 22.6. The van der Waals surface area contributed by atoms with E-state index in [2.05, 4.69) is 15.2 Å². The number of aromatic nitrogens is 1. The average Bonchev–Trinajstić information content (AvgIpc) is 3.61. The number of piperidine rings is 1. The van der Waals surface area contributed by atoms with E-state index in [0.29, 0.717) is 36.9 Å². The van der Waals surface area contributed by atoms with Gasteiger partial charge in [-0.3, -0.25) is 14.5 Å². The van der Waals surface area contributed by atoms with Crippen LogP contribution in [0.15, 0.2) is 22.6 Å². The lowest BCUT2D eigenvalue weighted by molar-refractivity contribution is -0.122. The van der Waals surface area contributed by atoms with Crippen LogP contribution < -0.4 is 5.32 Å². The Balaban J connectivity index is 1.03. The van der Waals surface area contributed by atoms with Crippen molar-refractivity contribution in [1.29, 1.82) is 0 Å². The normalized spacial score (nSPS) is 20.3. The van der Waals surface area contributed by atoms with Crippen LogP contribution in [-0.2, 0) is 9.53 Å². The molecule has 0 spiro atoms. The highest BCUT2D eigenvalue weighted by molar-refractivity contribution is 5.97. The van der Waals surface area contributed by atoms with Gasteiger partial charge in [0.15, 0.2) is 11.5 Å². The molecule has 8 nitrogen and oxygen atoms in total. The molecule has 1 saturated carbocycles. The standard InChI is InChI=1S/C25H34N4O4/c30-23(26-8-1-9-28-12-14-32-15-13-28)16-18-6-10-29(11-7-18)25(31)20-4-5-22-21(17-20)27-24(33-22)19-2-3-19/h4-5,17-19H,1-3,6-16H2,(H,26,30). The minimum Gasteiger partial charge on any atom is -0.440 e. The lowest BCUT2D eigenvalue weighted by atomic mass is 9.93. The van der Waals surface area contributed by atoms with Gasteiger partial charge in [0.2, 0.25) is 5.91 Å². The molecular formula is C25H34N4O4. The van der Waals surface area contributed by atoms with Crippen LogP contribution in [0.5, 0.6) is 0 Å². The maximum atomic E-state index is 13.0. The molecule has 33 heavy (non-hydrogen) atoms. The van der Waals surface area contributed by atoms with Crippen LogP contribution in [0.25, 0.3) is 11.1 Å². The third kappa shape index (κ3) is 5.73. The van der Waals surface area contributed by atoms with Crippen molar-refractivity contribution < 1.29 is 18.7 Å². The predicted molar refractivity (Wildman–Crippen MR) is 124 cm³/mol. The van der Waals surface area contributed by atoms with E-state index in [4.69, 9.17) is 9.15 Å². The number of carbonyl (C=O) groups is 2. The van der Waals surface area contributed by atoms with Gasteiger partial charge >= 0.3 is 0 Å². The molecule has 1 N–H and O–H groups in total. The molecule has 3 aliphatic rings. The van der Waals surface area contributed by atoms with E-state index in [1.807, 2.05) is 23.1 Å². The number of oxazole rings is 1. The number of rotatable bonds is 8. The molecule has 8 heteroatoms. The molecule has 3 fully saturated rings. The largest absolute Gasteiger partial charge is 0.440 e. The summed E-state index contributed by atoms with van der Waals surface area (Å²) in [5.74, 6) is 1.77. The van der Waals surface area contributed by atoms with Gasteiger partial charge in [-0.1, -0.05) is 0 Å². The smallest absolute Gasteiger partial charge is 0.253 e. The molecule has 2 saturated heterocycles. The van der Waals surface area contributed by atoms with Crippen molar-refractivity contribution in [3.63, 3.8) is 0 Å². The first-order valence-electron chi connectivity index (χ1n) is 12.4. The molecule has 1 aliphatic carbocycles. The highest BCUT2D eigenvalue weighted by Gasteiger charge is 2.29. The minimum atomic E-state index is 0.0406. The SMILES string of the molecule is O=C(CC1CCN(C(=O)c2ccc3oc(C4CC4)nc3c2)CC1)NCCCN1CCOCC1. The number of fused-ring (bicyclic) bond motifs is 1. The topological polar surface area (TPSA) is 87.9 Å². The summed E-state index contributed by atoms with van der Waals surface area (Å²) in [4.78, 5) is 34.2. The number of nitrogens with zero attached hydrogens (tertiary/aromatic N) is 3. The zero-order valence-electron chi connectivity index (χ0n) is 19.3. The number of carbonyl (C=O) groups excluding carboxylic acids is 2. The summed E-state index contributed by atoms with van der Waals surface area (Å²) in [6.07, 6.45) is 5.53. The zero-order valence-corrected chi connectivity index (χ0v) is 19.3. The Kier molecular flexibility index (Phi) is 6.92. The van der Waals surface area contributed by atoms with Crippen molar-refractivity contribution in [2.24, 2.45) is 5.92 Å². The van der Waals surface area contributed by atoms with E-state index in [0.717, 1.165) is 88.5 Å². The van der Waals surface area contributed by atoms with Gasteiger partial charge in [0.25, 0.3) is 5.91 Å². The summed E-state index contributed by atoms with van der Waals surface area (Å²) in [5, 5.41) is 3.07. The summed E-state index contributed by atoms with van der Waals surface area (Å²) in [7, 11) is 0. The lowest BCUT2D eigenvalue weighted by Gasteiger charge is -2.32. The molecule has 0 radical (unpaired) electrons. The van der Waals surface area contributed by atoms with Crippen molar-refractivity contribution in [2.75, 3.05) is 52.5 Å². The Bertz CT molecular complexity index is 972. The van der Waals surface area contributed by atoms with Crippen molar-refractivity contribution >= 4 is 22.9 Å². The van der Waals surface area contributed by atoms with Crippen LogP contribution in [0.4, 0.5) is 0 Å². The maximum Gasteiger partial charge on any atom is 0.253 e. The van der Waals surface area contributed by atoms with Crippen molar-refractivity contribution in [3.8, 4) is 0 Å². The van der Waals surface area contributed by atoms with Gasteiger partial charge in [-0.05, 0) is 62.8 Å². The van der Waals surface area contributed by atoms with Gasteiger partial charge in [-0.15, -0.1) is 0 Å². The number of nitrogens with one attached hydrogen (secondary N) is 1. The minimum absolute atomic E-state index is 0.0406. The average molecular weight is 455 g/mol. The molecule has 3 heterocycles. The van der Waals surface area contributed by atoms with Crippen LogP contribution in [0.2, 0.25) is 0 Å². The number of ether oxygens (including phenoxy) is 1. The van der Waals surface area contributed by atoms with E-state index in [9.17, 15) is 9.59 Å². The maximum absolute atomic E-state index is 13.0. The molecule has 2 aliphatic heterocycles. The summed E-state index contributed by atoms with van der Waals surface area (Å²) in [6.45, 7) is 6.70. The third-order valence-corrected chi connectivity index (χ3v) is 7.03. The highest BCUT2D eigenvalue weighted by Crippen LogP contribution is 2.40. The Hall–Kier alpha value is -2.45. The molecule has 178 valence electrons. The summed E-state index contributed by atoms with van der Waals surface area (Å²) >= 11 is 0. The Morgan fingerprint density at radius 3 is 2.61 bits per heavy atom. The van der Waals surface area contributed by atoms with Gasteiger partial charge < -0.3 is 19.4 Å². The molecule has 0 unspecified atom stereocenters.